The van der Waals surface area contributed by atoms with Crippen molar-refractivity contribution in [1.82, 2.24) is 4.90 Å². The quantitative estimate of drug-likeness (QED) is 0.367. The molecular formula is C30H31F2NO2S. The van der Waals surface area contributed by atoms with Crippen LogP contribution in [0.15, 0.2) is 72.8 Å². The van der Waals surface area contributed by atoms with Gasteiger partial charge < -0.3 is 14.4 Å². The van der Waals surface area contributed by atoms with Crippen molar-refractivity contribution in [3.8, 4) is 0 Å². The summed E-state index contributed by atoms with van der Waals surface area (Å²) in [5.74, 6) is -1.18. The Morgan fingerprint density at radius 2 is 1.61 bits per heavy atom. The first kappa shape index (κ1) is 24.1. The molecule has 3 aromatic rings. The number of hydrogen-bond acceptors (Lipinski definition) is 4. The van der Waals surface area contributed by atoms with Gasteiger partial charge >= 0.3 is 0 Å². The number of ether oxygens (including phenoxy) is 2. The van der Waals surface area contributed by atoms with E-state index in [2.05, 4.69) is 35.2 Å². The maximum Gasteiger partial charge on any atom is 0.195 e. The van der Waals surface area contributed by atoms with Crippen molar-refractivity contribution in [3.05, 3.63) is 107 Å². The number of halogens is 2. The third-order valence-electron chi connectivity index (χ3n) is 7.91. The van der Waals surface area contributed by atoms with Crippen LogP contribution in [0.2, 0.25) is 0 Å². The van der Waals surface area contributed by atoms with Crippen LogP contribution in [-0.2, 0) is 20.0 Å². The minimum atomic E-state index is -0.761. The summed E-state index contributed by atoms with van der Waals surface area (Å²) in [6.07, 6.45) is 3.85. The number of thioether (sulfide) groups is 1. The van der Waals surface area contributed by atoms with Gasteiger partial charge in [0.15, 0.2) is 5.79 Å². The van der Waals surface area contributed by atoms with Gasteiger partial charge in [-0.2, -0.15) is 0 Å². The van der Waals surface area contributed by atoms with Crippen molar-refractivity contribution in [3.63, 3.8) is 0 Å². The molecule has 2 fully saturated rings. The summed E-state index contributed by atoms with van der Waals surface area (Å²) in [5.41, 5.74) is 4.70. The zero-order chi connectivity index (χ0) is 24.6. The molecule has 36 heavy (non-hydrogen) atoms. The predicted octanol–water partition coefficient (Wildman–Crippen LogP) is 6.77. The lowest BCUT2D eigenvalue weighted by atomic mass is 9.84. The molecule has 6 rings (SSSR count). The van der Waals surface area contributed by atoms with Gasteiger partial charge in [-0.25, -0.2) is 8.78 Å². The van der Waals surface area contributed by atoms with Gasteiger partial charge in [-0.15, -0.1) is 11.8 Å². The molecule has 188 valence electrons. The van der Waals surface area contributed by atoms with E-state index in [9.17, 15) is 8.78 Å². The Morgan fingerprint density at radius 1 is 0.861 bits per heavy atom. The van der Waals surface area contributed by atoms with Crippen molar-refractivity contribution in [1.29, 1.82) is 0 Å². The van der Waals surface area contributed by atoms with Crippen molar-refractivity contribution in [2.24, 2.45) is 0 Å². The first-order valence-corrected chi connectivity index (χ1v) is 13.7. The van der Waals surface area contributed by atoms with E-state index in [-0.39, 0.29) is 21.6 Å². The highest BCUT2D eigenvalue weighted by Crippen LogP contribution is 2.61. The lowest BCUT2D eigenvalue weighted by molar-refractivity contribution is -0.172. The first-order chi connectivity index (χ1) is 17.6. The maximum absolute atomic E-state index is 14.0. The molecule has 6 heteroatoms. The molecule has 0 bridgehead atoms. The normalized spacial score (nSPS) is 22.7. The lowest BCUT2D eigenvalue weighted by Gasteiger charge is -2.40. The van der Waals surface area contributed by atoms with Crippen LogP contribution in [0.1, 0.15) is 53.2 Å². The average Bonchev–Trinajstić information content (AvgIpc) is 3.50. The lowest BCUT2D eigenvalue weighted by Crippen LogP contribution is -2.41. The molecular weight excluding hydrogens is 476 g/mol. The van der Waals surface area contributed by atoms with Gasteiger partial charge in [0.1, 0.15) is 11.6 Å². The summed E-state index contributed by atoms with van der Waals surface area (Å²) in [6.45, 7) is 4.16. The monoisotopic (exact) mass is 507 g/mol. The molecule has 1 atom stereocenters. The van der Waals surface area contributed by atoms with Crippen LogP contribution in [-0.4, -0.2) is 37.7 Å². The maximum atomic E-state index is 14.0. The molecule has 2 saturated heterocycles. The molecule has 3 nitrogen and oxygen atoms in total. The largest absolute Gasteiger partial charge is 0.343 e. The van der Waals surface area contributed by atoms with E-state index in [0.29, 0.717) is 13.2 Å². The first-order valence-electron chi connectivity index (χ1n) is 12.9. The summed E-state index contributed by atoms with van der Waals surface area (Å²) in [5, 5.41) is 0.177. The van der Waals surface area contributed by atoms with E-state index in [0.717, 1.165) is 56.4 Å². The van der Waals surface area contributed by atoms with Gasteiger partial charge in [-0.05, 0) is 79.9 Å². The topological polar surface area (TPSA) is 21.7 Å². The van der Waals surface area contributed by atoms with Crippen LogP contribution in [0, 0.1) is 11.6 Å². The number of benzene rings is 3. The van der Waals surface area contributed by atoms with Gasteiger partial charge in [-0.3, -0.25) is 0 Å². The second kappa shape index (κ2) is 9.90. The number of fused-ring (bicyclic) bond motifs is 2. The van der Waals surface area contributed by atoms with Crippen LogP contribution in [0.5, 0.6) is 0 Å². The Kier molecular flexibility index (Phi) is 6.63. The second-order valence-electron chi connectivity index (χ2n) is 10.0. The highest BCUT2D eigenvalue weighted by Gasteiger charge is 2.46. The zero-order valence-electron chi connectivity index (χ0n) is 20.3. The van der Waals surface area contributed by atoms with Crippen LogP contribution in [0.3, 0.4) is 0 Å². The second-order valence-corrected chi connectivity index (χ2v) is 11.5. The Morgan fingerprint density at radius 3 is 2.36 bits per heavy atom. The molecule has 1 unspecified atom stereocenters. The molecule has 0 aromatic heterocycles. The van der Waals surface area contributed by atoms with Crippen molar-refractivity contribution in [2.45, 2.75) is 41.5 Å². The number of piperidine rings is 1. The number of hydrogen-bond donors (Lipinski definition) is 0. The molecule has 1 spiro atoms. The third-order valence-corrected chi connectivity index (χ3v) is 9.75. The summed E-state index contributed by atoms with van der Waals surface area (Å²) in [6, 6.07) is 22.3. The fourth-order valence-electron chi connectivity index (χ4n) is 6.08. The van der Waals surface area contributed by atoms with Crippen molar-refractivity contribution < 1.29 is 18.3 Å². The van der Waals surface area contributed by atoms with Crippen LogP contribution in [0.4, 0.5) is 8.78 Å². The van der Waals surface area contributed by atoms with E-state index in [1.807, 2.05) is 17.8 Å². The third kappa shape index (κ3) is 4.49. The molecule has 0 N–H and O–H groups in total. The van der Waals surface area contributed by atoms with Gasteiger partial charge in [0, 0.05) is 16.7 Å². The minimum absolute atomic E-state index is 0.0804. The van der Waals surface area contributed by atoms with Gasteiger partial charge in [0.25, 0.3) is 0 Å². The molecule has 0 amide bonds. The fraction of sp³-hybridized carbons (Fsp3) is 0.400. The van der Waals surface area contributed by atoms with Crippen LogP contribution in [0.25, 0.3) is 0 Å². The van der Waals surface area contributed by atoms with E-state index < -0.39 is 5.79 Å². The van der Waals surface area contributed by atoms with Gasteiger partial charge in [0.05, 0.1) is 18.5 Å². The number of nitrogens with zero attached hydrogens (tertiary/aromatic N) is 1. The molecule has 0 radical (unpaired) electrons. The Balaban J connectivity index is 1.11. The van der Waals surface area contributed by atoms with Gasteiger partial charge in [0.2, 0.25) is 0 Å². The molecule has 3 aliphatic heterocycles. The van der Waals surface area contributed by atoms with Crippen LogP contribution >= 0.6 is 11.8 Å². The average molecular weight is 508 g/mol. The minimum Gasteiger partial charge on any atom is -0.343 e. The van der Waals surface area contributed by atoms with Crippen LogP contribution < -0.4 is 0 Å². The molecule has 3 heterocycles. The Hall–Kier alpha value is -2.25. The Labute approximate surface area is 215 Å². The summed E-state index contributed by atoms with van der Waals surface area (Å²) >= 11 is 2.00. The zero-order valence-corrected chi connectivity index (χ0v) is 21.1. The number of rotatable bonds is 6. The predicted molar refractivity (Wildman–Crippen MR) is 139 cm³/mol. The summed E-state index contributed by atoms with van der Waals surface area (Å²) in [7, 11) is 0. The molecule has 0 saturated carbocycles. The molecule has 0 aliphatic carbocycles. The number of likely N-dealkylation sites (tertiary alicyclic amines) is 1. The highest BCUT2D eigenvalue weighted by molar-refractivity contribution is 8.01. The fourth-order valence-corrected chi connectivity index (χ4v) is 7.88. The van der Waals surface area contributed by atoms with E-state index >= 15 is 0 Å². The SMILES string of the molecule is Fc1ccc(C2(CCCN3CCC4(CC3)SC(c3cccc(F)c3)c3ccccc34)OCCO2)cc1. The van der Waals surface area contributed by atoms with Gasteiger partial charge in [-0.1, -0.05) is 48.5 Å². The molecule has 3 aliphatic rings. The highest BCUT2D eigenvalue weighted by atomic mass is 32.2. The summed E-state index contributed by atoms with van der Waals surface area (Å²) < 4.78 is 39.6. The smallest absolute Gasteiger partial charge is 0.195 e. The van der Waals surface area contributed by atoms with E-state index in [1.54, 1.807) is 18.2 Å². The Bertz CT molecular complexity index is 1200. The molecule has 3 aromatic carbocycles. The summed E-state index contributed by atoms with van der Waals surface area (Å²) in [4.78, 5) is 2.54. The van der Waals surface area contributed by atoms with Crippen molar-refractivity contribution in [2.75, 3.05) is 32.8 Å². The van der Waals surface area contributed by atoms with E-state index in [1.165, 1.54) is 29.3 Å². The van der Waals surface area contributed by atoms with Crippen molar-refractivity contribution >= 4 is 11.8 Å². The standard InChI is InChI=1S/C30H31F2NO2S/c31-24-11-9-23(10-12-24)30(34-19-20-35-30)13-4-16-33-17-14-29(15-18-33)27-8-2-1-7-26(27)28(36-29)22-5-3-6-25(32)21-22/h1-3,5-12,21,28H,4,13-20H2. The van der Waals surface area contributed by atoms with E-state index in [4.69, 9.17) is 9.47 Å².